The van der Waals surface area contributed by atoms with Crippen LogP contribution in [0.25, 0.3) is 0 Å². The lowest BCUT2D eigenvalue weighted by Gasteiger charge is -2.32. The zero-order chi connectivity index (χ0) is 16.4. The first-order valence-corrected chi connectivity index (χ1v) is 9.02. The molecule has 1 aliphatic heterocycles. The highest BCUT2D eigenvalue weighted by Gasteiger charge is 2.27. The number of thiazole rings is 1. The lowest BCUT2D eigenvalue weighted by molar-refractivity contribution is -0.0335. The van der Waals surface area contributed by atoms with Crippen molar-refractivity contribution in [3.8, 4) is 0 Å². The van der Waals surface area contributed by atoms with Gasteiger partial charge in [0.2, 0.25) is 0 Å². The fourth-order valence-corrected chi connectivity index (χ4v) is 3.76. The molecule has 0 aliphatic carbocycles. The second-order valence-electron chi connectivity index (χ2n) is 7.18. The van der Waals surface area contributed by atoms with E-state index in [0.717, 1.165) is 42.6 Å². The van der Waals surface area contributed by atoms with Crippen molar-refractivity contribution in [2.75, 3.05) is 19.7 Å². The Morgan fingerprint density at radius 3 is 2.91 bits per heavy atom. The van der Waals surface area contributed by atoms with Crippen LogP contribution in [0.5, 0.6) is 0 Å². The number of pyridine rings is 1. The van der Waals surface area contributed by atoms with Crippen LogP contribution in [0.15, 0.2) is 23.7 Å². The Bertz CT molecular complexity index is 662. The highest BCUT2D eigenvalue weighted by Crippen LogP contribution is 2.30. The summed E-state index contributed by atoms with van der Waals surface area (Å²) in [6.45, 7) is 12.2. The van der Waals surface area contributed by atoms with Crippen molar-refractivity contribution in [3.63, 3.8) is 0 Å². The molecular formula is C18H25N3OS. The van der Waals surface area contributed by atoms with E-state index in [-0.39, 0.29) is 11.5 Å². The van der Waals surface area contributed by atoms with Crippen LogP contribution in [-0.4, -0.2) is 34.6 Å². The van der Waals surface area contributed by atoms with Crippen LogP contribution in [0.1, 0.15) is 48.8 Å². The van der Waals surface area contributed by atoms with Crippen LogP contribution in [0.2, 0.25) is 0 Å². The first-order chi connectivity index (χ1) is 10.9. The molecule has 1 saturated heterocycles. The average Bonchev–Trinajstić information content (AvgIpc) is 3.00. The molecule has 0 radical (unpaired) electrons. The summed E-state index contributed by atoms with van der Waals surface area (Å²) in [6.07, 6.45) is 1.95. The molecule has 0 saturated carbocycles. The molecule has 23 heavy (non-hydrogen) atoms. The number of morpholine rings is 1. The predicted octanol–water partition coefficient (Wildman–Crippen LogP) is 3.72. The molecule has 5 heteroatoms. The summed E-state index contributed by atoms with van der Waals surface area (Å²) in [7, 11) is 0. The molecule has 4 nitrogen and oxygen atoms in total. The molecule has 1 unspecified atom stereocenters. The van der Waals surface area contributed by atoms with Crippen molar-refractivity contribution in [3.05, 3.63) is 45.7 Å². The van der Waals surface area contributed by atoms with E-state index in [4.69, 9.17) is 9.72 Å². The van der Waals surface area contributed by atoms with Gasteiger partial charge in [-0.15, -0.1) is 11.3 Å². The van der Waals surface area contributed by atoms with Gasteiger partial charge in [0.1, 0.15) is 11.1 Å². The van der Waals surface area contributed by atoms with Crippen LogP contribution < -0.4 is 0 Å². The summed E-state index contributed by atoms with van der Waals surface area (Å²) in [5.74, 6) is 0. The van der Waals surface area contributed by atoms with Crippen molar-refractivity contribution in [2.24, 2.45) is 0 Å². The zero-order valence-corrected chi connectivity index (χ0v) is 15.2. The van der Waals surface area contributed by atoms with Crippen molar-refractivity contribution >= 4 is 11.3 Å². The van der Waals surface area contributed by atoms with Gasteiger partial charge in [0.25, 0.3) is 0 Å². The molecule has 2 aromatic rings. The third-order valence-corrected chi connectivity index (χ3v) is 5.14. The first-order valence-electron chi connectivity index (χ1n) is 8.14. The second-order valence-corrected chi connectivity index (χ2v) is 8.07. The predicted molar refractivity (Wildman–Crippen MR) is 93.8 cm³/mol. The topological polar surface area (TPSA) is 38.2 Å². The largest absolute Gasteiger partial charge is 0.368 e. The summed E-state index contributed by atoms with van der Waals surface area (Å²) < 4.78 is 5.97. The van der Waals surface area contributed by atoms with Gasteiger partial charge in [-0.05, 0) is 18.6 Å². The molecular weight excluding hydrogens is 306 g/mol. The molecule has 2 aromatic heterocycles. The molecule has 1 fully saturated rings. The molecule has 3 heterocycles. The van der Waals surface area contributed by atoms with Gasteiger partial charge in [0, 0.05) is 36.6 Å². The van der Waals surface area contributed by atoms with Gasteiger partial charge in [-0.1, -0.05) is 26.8 Å². The number of aromatic nitrogens is 2. The molecule has 124 valence electrons. The molecule has 0 aromatic carbocycles. The molecule has 3 rings (SSSR count). The minimum absolute atomic E-state index is 0.0777. The first kappa shape index (κ1) is 16.6. The lowest BCUT2D eigenvalue weighted by Crippen LogP contribution is -2.38. The Balaban J connectivity index is 1.69. The maximum atomic E-state index is 5.97. The molecule has 0 bridgehead atoms. The van der Waals surface area contributed by atoms with Gasteiger partial charge in [0.05, 0.1) is 18.0 Å². The third-order valence-electron chi connectivity index (χ3n) is 4.21. The van der Waals surface area contributed by atoms with E-state index >= 15 is 0 Å². The van der Waals surface area contributed by atoms with Crippen LogP contribution in [0.3, 0.4) is 0 Å². The Morgan fingerprint density at radius 1 is 1.39 bits per heavy atom. The normalized spacial score (nSPS) is 19.9. The molecule has 0 amide bonds. The fraction of sp³-hybridized carbons (Fsp3) is 0.556. The van der Waals surface area contributed by atoms with E-state index in [1.807, 2.05) is 12.3 Å². The summed E-state index contributed by atoms with van der Waals surface area (Å²) >= 11 is 1.72. The maximum Gasteiger partial charge on any atom is 0.123 e. The molecule has 1 aliphatic rings. The molecule has 0 spiro atoms. The van der Waals surface area contributed by atoms with Gasteiger partial charge >= 0.3 is 0 Å². The van der Waals surface area contributed by atoms with E-state index in [0.29, 0.717) is 0 Å². The number of ether oxygens (including phenoxy) is 1. The van der Waals surface area contributed by atoms with Gasteiger partial charge < -0.3 is 4.74 Å². The van der Waals surface area contributed by atoms with Gasteiger partial charge in [-0.25, -0.2) is 4.98 Å². The second kappa shape index (κ2) is 6.67. The van der Waals surface area contributed by atoms with Crippen molar-refractivity contribution in [1.82, 2.24) is 14.9 Å². The van der Waals surface area contributed by atoms with Crippen molar-refractivity contribution in [1.29, 1.82) is 0 Å². The van der Waals surface area contributed by atoms with E-state index in [2.05, 4.69) is 49.0 Å². The fourth-order valence-electron chi connectivity index (χ4n) is 2.67. The van der Waals surface area contributed by atoms with E-state index in [1.165, 1.54) is 5.56 Å². The number of nitrogens with zero attached hydrogens (tertiary/aromatic N) is 3. The van der Waals surface area contributed by atoms with E-state index in [1.54, 1.807) is 11.3 Å². The Hall–Kier alpha value is -1.30. The highest BCUT2D eigenvalue weighted by atomic mass is 32.1. The van der Waals surface area contributed by atoms with E-state index < -0.39 is 0 Å². The molecule has 0 N–H and O–H groups in total. The smallest absolute Gasteiger partial charge is 0.123 e. The quantitative estimate of drug-likeness (QED) is 0.859. The molecule has 1 atom stereocenters. The minimum Gasteiger partial charge on any atom is -0.368 e. The van der Waals surface area contributed by atoms with Crippen LogP contribution in [0, 0.1) is 6.92 Å². The van der Waals surface area contributed by atoms with Crippen LogP contribution in [-0.2, 0) is 16.7 Å². The SMILES string of the molecule is Cc1cccnc1CN1CCOC(c2nc(C(C)(C)C)cs2)C1. The third kappa shape index (κ3) is 3.97. The average molecular weight is 331 g/mol. The van der Waals surface area contributed by atoms with Crippen LogP contribution in [0.4, 0.5) is 0 Å². The van der Waals surface area contributed by atoms with Crippen molar-refractivity contribution < 1.29 is 4.74 Å². The maximum absolute atomic E-state index is 5.97. The van der Waals surface area contributed by atoms with E-state index in [9.17, 15) is 0 Å². The summed E-state index contributed by atoms with van der Waals surface area (Å²) in [4.78, 5) is 11.7. The zero-order valence-electron chi connectivity index (χ0n) is 14.4. The lowest BCUT2D eigenvalue weighted by atomic mass is 9.93. The number of hydrogen-bond donors (Lipinski definition) is 0. The van der Waals surface area contributed by atoms with Gasteiger partial charge in [0.15, 0.2) is 0 Å². The standard InChI is InChI=1S/C18H25N3OS/c1-13-6-5-7-19-14(13)10-21-8-9-22-15(11-21)17-20-16(12-23-17)18(2,3)4/h5-7,12,15H,8-11H2,1-4H3. The number of aryl methyl sites for hydroxylation is 1. The Kier molecular flexibility index (Phi) is 4.80. The van der Waals surface area contributed by atoms with Gasteiger partial charge in [-0.3, -0.25) is 9.88 Å². The number of hydrogen-bond acceptors (Lipinski definition) is 5. The van der Waals surface area contributed by atoms with Crippen LogP contribution >= 0.6 is 11.3 Å². The minimum atomic E-state index is 0.0777. The summed E-state index contributed by atoms with van der Waals surface area (Å²) in [5.41, 5.74) is 3.65. The monoisotopic (exact) mass is 331 g/mol. The number of rotatable bonds is 3. The van der Waals surface area contributed by atoms with Gasteiger partial charge in [-0.2, -0.15) is 0 Å². The Labute approximate surface area is 142 Å². The van der Waals surface area contributed by atoms with Crippen molar-refractivity contribution in [2.45, 2.75) is 45.8 Å². The Morgan fingerprint density at radius 2 is 2.22 bits per heavy atom. The summed E-state index contributed by atoms with van der Waals surface area (Å²) in [5, 5.41) is 3.26. The summed E-state index contributed by atoms with van der Waals surface area (Å²) in [6, 6.07) is 4.11. The highest BCUT2D eigenvalue weighted by molar-refractivity contribution is 7.09.